The molecule has 0 amide bonds. The minimum absolute atomic E-state index is 0.614. The van der Waals surface area contributed by atoms with Crippen LogP contribution in [-0.2, 0) is 0 Å². The molecule has 3 unspecified atom stereocenters. The van der Waals surface area contributed by atoms with Gasteiger partial charge in [-0.1, -0.05) is 6.42 Å². The summed E-state index contributed by atoms with van der Waals surface area (Å²) in [7, 11) is 0. The average Bonchev–Trinajstić information content (AvgIpc) is 3.02. The van der Waals surface area contributed by atoms with E-state index in [4.69, 9.17) is 0 Å². The van der Waals surface area contributed by atoms with E-state index in [0.717, 1.165) is 23.8 Å². The molecule has 2 aliphatic heterocycles. The molecule has 0 aromatic rings. The lowest BCUT2D eigenvalue weighted by Crippen LogP contribution is -2.72. The molecule has 4 aliphatic carbocycles. The highest BCUT2D eigenvalue weighted by Gasteiger charge is 2.60. The van der Waals surface area contributed by atoms with Crippen molar-refractivity contribution < 1.29 is 0 Å². The van der Waals surface area contributed by atoms with Gasteiger partial charge < -0.3 is 0 Å². The van der Waals surface area contributed by atoms with Crippen LogP contribution in [0.25, 0.3) is 0 Å². The van der Waals surface area contributed by atoms with Gasteiger partial charge in [-0.15, -0.1) is 0 Å². The summed E-state index contributed by atoms with van der Waals surface area (Å²) >= 11 is 0. The molecule has 0 aromatic heterocycles. The molecule has 2 saturated heterocycles. The minimum Gasteiger partial charge on any atom is -0.298 e. The zero-order valence-corrected chi connectivity index (χ0v) is 13.6. The highest BCUT2D eigenvalue weighted by Crippen LogP contribution is 2.59. The Kier molecular flexibility index (Phi) is 3.16. The smallest absolute Gasteiger partial charge is 0.0372 e. The lowest BCUT2D eigenvalue weighted by Gasteiger charge is -2.66. The van der Waals surface area contributed by atoms with Gasteiger partial charge in [0.1, 0.15) is 0 Å². The van der Waals surface area contributed by atoms with E-state index in [2.05, 4.69) is 9.80 Å². The van der Waals surface area contributed by atoms with Crippen LogP contribution in [0.15, 0.2) is 0 Å². The predicted molar refractivity (Wildman–Crippen MR) is 86.3 cm³/mol. The van der Waals surface area contributed by atoms with Crippen LogP contribution in [0.4, 0.5) is 0 Å². The lowest BCUT2D eigenvalue weighted by atomic mass is 9.49. The molecular formula is C19H32N2. The SMILES string of the molecule is C1CCN(C2C3CC4CC(C3)CC2(N2CCCC2)C4)CC1. The van der Waals surface area contributed by atoms with Crippen LogP contribution in [0.2, 0.25) is 0 Å². The first kappa shape index (κ1) is 13.4. The molecule has 6 aliphatic rings. The van der Waals surface area contributed by atoms with Gasteiger partial charge in [0.15, 0.2) is 0 Å². The monoisotopic (exact) mass is 288 g/mol. The van der Waals surface area contributed by atoms with Gasteiger partial charge in [-0.05, 0) is 102 Å². The van der Waals surface area contributed by atoms with E-state index in [1.807, 2.05) is 0 Å². The summed E-state index contributed by atoms with van der Waals surface area (Å²) in [5.41, 5.74) is 0.614. The van der Waals surface area contributed by atoms with Crippen LogP contribution in [0.3, 0.4) is 0 Å². The minimum atomic E-state index is 0.614. The first-order valence-corrected chi connectivity index (χ1v) is 9.84. The fourth-order valence-corrected chi connectivity index (χ4v) is 7.41. The number of nitrogens with zero attached hydrogens (tertiary/aromatic N) is 2. The molecule has 6 fully saturated rings. The second-order valence-corrected chi connectivity index (χ2v) is 8.95. The lowest BCUT2D eigenvalue weighted by molar-refractivity contribution is -0.147. The van der Waals surface area contributed by atoms with E-state index in [0.29, 0.717) is 5.54 Å². The maximum absolute atomic E-state index is 3.00. The Morgan fingerprint density at radius 3 is 1.95 bits per heavy atom. The summed E-state index contributed by atoms with van der Waals surface area (Å²) in [5, 5.41) is 0. The standard InChI is InChI=1S/C19H32N2/c1-2-6-20(7-3-1)18-17-11-15-10-16(12-17)14-19(18,13-15)21-8-4-5-9-21/h15-18H,1-14H2. The van der Waals surface area contributed by atoms with Gasteiger partial charge in [-0.2, -0.15) is 0 Å². The molecule has 4 bridgehead atoms. The summed E-state index contributed by atoms with van der Waals surface area (Å²) < 4.78 is 0. The Hall–Kier alpha value is -0.0800. The van der Waals surface area contributed by atoms with E-state index >= 15 is 0 Å². The molecule has 0 aromatic carbocycles. The highest BCUT2D eigenvalue weighted by atomic mass is 15.3. The third kappa shape index (κ3) is 1.97. The van der Waals surface area contributed by atoms with Gasteiger partial charge in [0.05, 0.1) is 0 Å². The zero-order chi connectivity index (χ0) is 13.9. The van der Waals surface area contributed by atoms with Crippen LogP contribution in [-0.4, -0.2) is 47.6 Å². The highest BCUT2D eigenvalue weighted by molar-refractivity contribution is 5.16. The largest absolute Gasteiger partial charge is 0.298 e. The maximum atomic E-state index is 3.00. The van der Waals surface area contributed by atoms with Gasteiger partial charge >= 0.3 is 0 Å². The summed E-state index contributed by atoms with van der Waals surface area (Å²) in [6.45, 7) is 5.64. The Bertz CT molecular complexity index is 378. The van der Waals surface area contributed by atoms with Gasteiger partial charge in [-0.25, -0.2) is 0 Å². The average molecular weight is 288 g/mol. The molecule has 118 valence electrons. The van der Waals surface area contributed by atoms with Crippen molar-refractivity contribution >= 4 is 0 Å². The van der Waals surface area contributed by atoms with E-state index in [-0.39, 0.29) is 0 Å². The Labute approximate surface area is 130 Å². The molecule has 21 heavy (non-hydrogen) atoms. The van der Waals surface area contributed by atoms with Gasteiger partial charge in [-0.3, -0.25) is 9.80 Å². The van der Waals surface area contributed by atoms with Crippen molar-refractivity contribution in [2.24, 2.45) is 17.8 Å². The molecule has 0 N–H and O–H groups in total. The molecule has 6 rings (SSSR count). The van der Waals surface area contributed by atoms with Crippen molar-refractivity contribution in [2.45, 2.75) is 75.8 Å². The van der Waals surface area contributed by atoms with Gasteiger partial charge in [0.2, 0.25) is 0 Å². The van der Waals surface area contributed by atoms with Crippen molar-refractivity contribution in [3.8, 4) is 0 Å². The topological polar surface area (TPSA) is 6.48 Å². The van der Waals surface area contributed by atoms with Crippen LogP contribution >= 0.6 is 0 Å². The van der Waals surface area contributed by atoms with Crippen LogP contribution in [0, 0.1) is 17.8 Å². The molecular weight excluding hydrogens is 256 g/mol. The third-order valence-corrected chi connectivity index (χ3v) is 7.74. The second-order valence-electron chi connectivity index (χ2n) is 8.95. The zero-order valence-electron chi connectivity index (χ0n) is 13.6. The van der Waals surface area contributed by atoms with Crippen molar-refractivity contribution in [1.82, 2.24) is 9.80 Å². The fraction of sp³-hybridized carbons (Fsp3) is 1.00. The summed E-state index contributed by atoms with van der Waals surface area (Å²) in [4.78, 5) is 5.97. The number of rotatable bonds is 2. The number of piperidine rings is 1. The van der Waals surface area contributed by atoms with Crippen molar-refractivity contribution in [2.75, 3.05) is 26.2 Å². The number of hydrogen-bond acceptors (Lipinski definition) is 2. The van der Waals surface area contributed by atoms with Crippen molar-refractivity contribution in [1.29, 1.82) is 0 Å². The van der Waals surface area contributed by atoms with E-state index in [9.17, 15) is 0 Å². The van der Waals surface area contributed by atoms with Gasteiger partial charge in [0, 0.05) is 11.6 Å². The van der Waals surface area contributed by atoms with Gasteiger partial charge in [0.25, 0.3) is 0 Å². The maximum Gasteiger partial charge on any atom is 0.0372 e. The fourth-order valence-electron chi connectivity index (χ4n) is 7.41. The molecule has 2 heteroatoms. The normalized spacial score (nSPS) is 50.9. The number of hydrogen-bond donors (Lipinski definition) is 0. The molecule has 4 saturated carbocycles. The summed E-state index contributed by atoms with van der Waals surface area (Å²) in [6, 6.07) is 0.934. The first-order chi connectivity index (χ1) is 10.4. The van der Waals surface area contributed by atoms with Crippen LogP contribution in [0.5, 0.6) is 0 Å². The second kappa shape index (κ2) is 4.96. The molecule has 2 nitrogen and oxygen atoms in total. The Morgan fingerprint density at radius 2 is 1.29 bits per heavy atom. The Balaban J connectivity index is 1.50. The first-order valence-electron chi connectivity index (χ1n) is 9.84. The van der Waals surface area contributed by atoms with Crippen LogP contribution < -0.4 is 0 Å². The van der Waals surface area contributed by atoms with Crippen molar-refractivity contribution in [3.05, 3.63) is 0 Å². The van der Waals surface area contributed by atoms with Crippen molar-refractivity contribution in [3.63, 3.8) is 0 Å². The van der Waals surface area contributed by atoms with E-state index < -0.39 is 0 Å². The summed E-state index contributed by atoms with van der Waals surface area (Å²) in [6.07, 6.45) is 15.2. The number of likely N-dealkylation sites (tertiary alicyclic amines) is 2. The Morgan fingerprint density at radius 1 is 0.667 bits per heavy atom. The van der Waals surface area contributed by atoms with E-state index in [1.165, 1.54) is 58.3 Å². The van der Waals surface area contributed by atoms with E-state index in [1.54, 1.807) is 32.1 Å². The third-order valence-electron chi connectivity index (χ3n) is 7.74. The summed E-state index contributed by atoms with van der Waals surface area (Å²) in [5.74, 6) is 3.23. The quantitative estimate of drug-likeness (QED) is 0.767. The van der Waals surface area contributed by atoms with Crippen LogP contribution in [0.1, 0.15) is 64.2 Å². The molecule has 0 radical (unpaired) electrons. The molecule has 3 atom stereocenters. The predicted octanol–water partition coefficient (Wildman–Crippen LogP) is 3.52. The molecule has 2 heterocycles. The molecule has 0 spiro atoms.